The van der Waals surface area contributed by atoms with E-state index in [9.17, 15) is 4.79 Å². The van der Waals surface area contributed by atoms with Gasteiger partial charge in [-0.1, -0.05) is 6.07 Å². The van der Waals surface area contributed by atoms with Crippen molar-refractivity contribution in [2.24, 2.45) is 0 Å². The van der Waals surface area contributed by atoms with E-state index in [4.69, 9.17) is 5.73 Å². The Morgan fingerprint density at radius 2 is 2.06 bits per heavy atom. The monoisotopic (exact) mass is 247 g/mol. The molecule has 2 rings (SSSR count). The summed E-state index contributed by atoms with van der Waals surface area (Å²) in [5, 5.41) is 0. The SMILES string of the molecule is Cc1ccc(N)cc1N(C)CC(=O)N1CCCC1. The summed E-state index contributed by atoms with van der Waals surface area (Å²) in [5.41, 5.74) is 8.70. The van der Waals surface area contributed by atoms with Crippen molar-refractivity contribution in [3.63, 3.8) is 0 Å². The molecule has 1 aromatic rings. The average molecular weight is 247 g/mol. The highest BCUT2D eigenvalue weighted by atomic mass is 16.2. The normalized spacial score (nSPS) is 14.9. The first-order chi connectivity index (χ1) is 8.58. The topological polar surface area (TPSA) is 49.6 Å². The fourth-order valence-corrected chi connectivity index (χ4v) is 2.39. The maximum Gasteiger partial charge on any atom is 0.242 e. The largest absolute Gasteiger partial charge is 0.399 e. The summed E-state index contributed by atoms with van der Waals surface area (Å²) in [6.07, 6.45) is 2.26. The number of anilines is 2. The minimum absolute atomic E-state index is 0.205. The van der Waals surface area contributed by atoms with Crippen molar-refractivity contribution in [2.75, 3.05) is 37.3 Å². The molecule has 0 aliphatic carbocycles. The van der Waals surface area contributed by atoms with E-state index in [1.807, 2.05) is 42.0 Å². The van der Waals surface area contributed by atoms with Gasteiger partial charge in [-0.15, -0.1) is 0 Å². The van der Waals surface area contributed by atoms with E-state index >= 15 is 0 Å². The third kappa shape index (κ3) is 2.75. The number of likely N-dealkylation sites (N-methyl/N-ethyl adjacent to an activating group) is 1. The van der Waals surface area contributed by atoms with Crippen LogP contribution in [0.15, 0.2) is 18.2 Å². The molecule has 2 N–H and O–H groups in total. The molecular formula is C14H21N3O. The molecule has 0 aromatic heterocycles. The zero-order valence-electron chi connectivity index (χ0n) is 11.1. The fourth-order valence-electron chi connectivity index (χ4n) is 2.39. The van der Waals surface area contributed by atoms with Gasteiger partial charge < -0.3 is 15.5 Å². The lowest BCUT2D eigenvalue weighted by Gasteiger charge is -2.24. The van der Waals surface area contributed by atoms with E-state index in [2.05, 4.69) is 0 Å². The Balaban J connectivity index is 2.04. The molecule has 1 aliphatic rings. The summed E-state index contributed by atoms with van der Waals surface area (Å²) in [7, 11) is 1.94. The Morgan fingerprint density at radius 1 is 1.39 bits per heavy atom. The number of benzene rings is 1. The van der Waals surface area contributed by atoms with Crippen molar-refractivity contribution in [2.45, 2.75) is 19.8 Å². The second-order valence-electron chi connectivity index (χ2n) is 4.99. The molecule has 0 saturated carbocycles. The molecule has 1 fully saturated rings. The second kappa shape index (κ2) is 5.29. The van der Waals surface area contributed by atoms with Crippen LogP contribution in [0.25, 0.3) is 0 Å². The van der Waals surface area contributed by atoms with Crippen molar-refractivity contribution in [3.05, 3.63) is 23.8 Å². The number of nitrogen functional groups attached to an aromatic ring is 1. The standard InChI is InChI=1S/C14H21N3O/c1-11-5-6-12(15)9-13(11)16(2)10-14(18)17-7-3-4-8-17/h5-6,9H,3-4,7-8,10,15H2,1-2H3. The molecule has 1 aromatic carbocycles. The van der Waals surface area contributed by atoms with Gasteiger partial charge in [-0.2, -0.15) is 0 Å². The fraction of sp³-hybridized carbons (Fsp3) is 0.500. The maximum atomic E-state index is 12.1. The highest BCUT2D eigenvalue weighted by molar-refractivity contribution is 5.82. The van der Waals surface area contributed by atoms with Crippen LogP contribution in [-0.2, 0) is 4.79 Å². The number of likely N-dealkylation sites (tertiary alicyclic amines) is 1. The van der Waals surface area contributed by atoms with Gasteiger partial charge >= 0.3 is 0 Å². The van der Waals surface area contributed by atoms with Crippen LogP contribution in [0.2, 0.25) is 0 Å². The summed E-state index contributed by atoms with van der Waals surface area (Å²) in [6.45, 7) is 4.26. The van der Waals surface area contributed by atoms with Gasteiger partial charge in [0, 0.05) is 31.5 Å². The number of hydrogen-bond donors (Lipinski definition) is 1. The van der Waals surface area contributed by atoms with E-state index in [1.165, 1.54) is 0 Å². The Bertz CT molecular complexity index is 439. The van der Waals surface area contributed by atoms with Gasteiger partial charge in [-0.25, -0.2) is 0 Å². The van der Waals surface area contributed by atoms with E-state index in [-0.39, 0.29) is 5.91 Å². The van der Waals surface area contributed by atoms with Crippen LogP contribution in [0.5, 0.6) is 0 Å². The van der Waals surface area contributed by atoms with Crippen LogP contribution in [0.1, 0.15) is 18.4 Å². The van der Waals surface area contributed by atoms with E-state index in [0.29, 0.717) is 6.54 Å². The van der Waals surface area contributed by atoms with E-state index in [1.54, 1.807) is 0 Å². The summed E-state index contributed by atoms with van der Waals surface area (Å²) in [4.78, 5) is 16.0. The third-order valence-electron chi connectivity index (χ3n) is 3.48. The van der Waals surface area contributed by atoms with Gasteiger partial charge in [-0.05, 0) is 37.5 Å². The lowest BCUT2D eigenvalue weighted by atomic mass is 10.1. The molecular weight excluding hydrogens is 226 g/mol. The van der Waals surface area contributed by atoms with Gasteiger partial charge in [0.05, 0.1) is 6.54 Å². The summed E-state index contributed by atoms with van der Waals surface area (Å²) >= 11 is 0. The summed E-state index contributed by atoms with van der Waals surface area (Å²) in [6, 6.07) is 5.79. The van der Waals surface area contributed by atoms with Gasteiger partial charge in [0.2, 0.25) is 5.91 Å². The molecule has 18 heavy (non-hydrogen) atoms. The number of nitrogens with two attached hydrogens (primary N) is 1. The first-order valence-electron chi connectivity index (χ1n) is 6.43. The maximum absolute atomic E-state index is 12.1. The molecule has 1 saturated heterocycles. The quantitative estimate of drug-likeness (QED) is 0.826. The minimum Gasteiger partial charge on any atom is -0.399 e. The molecule has 0 unspecified atom stereocenters. The van der Waals surface area contributed by atoms with Gasteiger partial charge in [0.1, 0.15) is 0 Å². The molecule has 0 spiro atoms. The number of carbonyl (C=O) groups excluding carboxylic acids is 1. The molecule has 1 amide bonds. The summed E-state index contributed by atoms with van der Waals surface area (Å²) in [5.74, 6) is 0.205. The highest BCUT2D eigenvalue weighted by Gasteiger charge is 2.19. The van der Waals surface area contributed by atoms with Crippen molar-refractivity contribution in [1.82, 2.24) is 4.90 Å². The summed E-state index contributed by atoms with van der Waals surface area (Å²) < 4.78 is 0. The molecule has 4 nitrogen and oxygen atoms in total. The van der Waals surface area contributed by atoms with Gasteiger partial charge in [-0.3, -0.25) is 4.79 Å². The molecule has 4 heteroatoms. The van der Waals surface area contributed by atoms with Crippen LogP contribution in [-0.4, -0.2) is 37.5 Å². The molecule has 1 aliphatic heterocycles. The Morgan fingerprint density at radius 3 is 2.72 bits per heavy atom. The van der Waals surface area contributed by atoms with Crippen LogP contribution < -0.4 is 10.6 Å². The number of nitrogens with zero attached hydrogens (tertiary/aromatic N) is 2. The minimum atomic E-state index is 0.205. The van der Waals surface area contributed by atoms with Gasteiger partial charge in [0.15, 0.2) is 0 Å². The molecule has 98 valence electrons. The predicted octanol–water partition coefficient (Wildman–Crippen LogP) is 1.64. The van der Waals surface area contributed by atoms with Crippen LogP contribution in [0.4, 0.5) is 11.4 Å². The first-order valence-corrected chi connectivity index (χ1v) is 6.43. The molecule has 0 radical (unpaired) electrons. The Labute approximate surface area is 108 Å². The Hall–Kier alpha value is -1.71. The number of amides is 1. The van der Waals surface area contributed by atoms with E-state index < -0.39 is 0 Å². The number of carbonyl (C=O) groups is 1. The Kier molecular flexibility index (Phi) is 3.75. The van der Waals surface area contributed by atoms with Crippen molar-refractivity contribution in [1.29, 1.82) is 0 Å². The number of hydrogen-bond acceptors (Lipinski definition) is 3. The lowest BCUT2D eigenvalue weighted by molar-refractivity contribution is -0.128. The lowest BCUT2D eigenvalue weighted by Crippen LogP contribution is -2.37. The van der Waals surface area contributed by atoms with Crippen LogP contribution in [0.3, 0.4) is 0 Å². The molecule has 0 atom stereocenters. The average Bonchev–Trinajstić information content (AvgIpc) is 2.85. The number of aryl methyl sites for hydroxylation is 1. The van der Waals surface area contributed by atoms with Gasteiger partial charge in [0.25, 0.3) is 0 Å². The van der Waals surface area contributed by atoms with Crippen LogP contribution in [0, 0.1) is 6.92 Å². The van der Waals surface area contributed by atoms with Crippen molar-refractivity contribution >= 4 is 17.3 Å². The van der Waals surface area contributed by atoms with Crippen molar-refractivity contribution < 1.29 is 4.79 Å². The van der Waals surface area contributed by atoms with Crippen molar-refractivity contribution in [3.8, 4) is 0 Å². The zero-order valence-corrected chi connectivity index (χ0v) is 11.1. The predicted molar refractivity (Wildman–Crippen MR) is 74.7 cm³/mol. The van der Waals surface area contributed by atoms with E-state index in [0.717, 1.165) is 42.9 Å². The zero-order chi connectivity index (χ0) is 13.1. The third-order valence-corrected chi connectivity index (χ3v) is 3.48. The first kappa shape index (κ1) is 12.7. The second-order valence-corrected chi connectivity index (χ2v) is 4.99. The number of rotatable bonds is 3. The molecule has 0 bridgehead atoms. The smallest absolute Gasteiger partial charge is 0.242 e. The highest BCUT2D eigenvalue weighted by Crippen LogP contribution is 2.22. The molecule has 1 heterocycles. The van der Waals surface area contributed by atoms with Crippen LogP contribution >= 0.6 is 0 Å².